The molecule has 0 aromatic carbocycles. The third kappa shape index (κ3) is 5.48. The van der Waals surface area contributed by atoms with Crippen LogP contribution in [0.5, 0.6) is 5.88 Å². The number of imidazole rings is 1. The number of nitrogens with zero attached hydrogens (tertiary/aromatic N) is 5. The molecule has 0 atom stereocenters. The number of rotatable bonds is 5. The number of fused-ring (bicyclic) bond motifs is 1. The molecule has 2 rings (SSSR count). The summed E-state index contributed by atoms with van der Waals surface area (Å²) in [6.45, 7) is 21.3. The summed E-state index contributed by atoms with van der Waals surface area (Å²) in [5.41, 5.74) is 1.49. The van der Waals surface area contributed by atoms with E-state index in [-0.39, 0.29) is 0 Å². The highest BCUT2D eigenvalue weighted by atomic mass is 28.4. The van der Waals surface area contributed by atoms with Crippen molar-refractivity contribution in [1.82, 2.24) is 19.2 Å². The molecule has 0 saturated carbocycles. The van der Waals surface area contributed by atoms with Gasteiger partial charge in [-0.3, -0.25) is 0 Å². The zero-order valence-electron chi connectivity index (χ0n) is 17.6. The highest BCUT2D eigenvalue weighted by Gasteiger charge is 2.26. The van der Waals surface area contributed by atoms with Crippen LogP contribution in [0.4, 0.5) is 5.95 Å². The molecule has 0 bridgehead atoms. The van der Waals surface area contributed by atoms with E-state index in [1.54, 1.807) is 0 Å². The minimum absolute atomic E-state index is 0.362. The van der Waals surface area contributed by atoms with Gasteiger partial charge in [0.2, 0.25) is 22.5 Å². The summed E-state index contributed by atoms with van der Waals surface area (Å²) < 4.78 is 14.3. The molecule has 2 heterocycles. The molecule has 0 spiro atoms. The second-order valence-electron chi connectivity index (χ2n) is 9.35. The lowest BCUT2D eigenvalue weighted by Crippen LogP contribution is -2.32. The van der Waals surface area contributed by atoms with Crippen molar-refractivity contribution in [2.75, 3.05) is 0 Å². The highest BCUT2D eigenvalue weighted by molar-refractivity contribution is 6.75. The van der Waals surface area contributed by atoms with Gasteiger partial charge in [-0.25, -0.2) is 4.98 Å². The van der Waals surface area contributed by atoms with Crippen LogP contribution in [0.2, 0.25) is 58.9 Å². The Balaban J connectivity index is 2.62. The van der Waals surface area contributed by atoms with Crippen molar-refractivity contribution in [2.24, 2.45) is 4.99 Å². The molecule has 0 aliphatic carbocycles. The van der Waals surface area contributed by atoms with E-state index in [4.69, 9.17) is 8.85 Å². The van der Waals surface area contributed by atoms with E-state index in [9.17, 15) is 0 Å². The van der Waals surface area contributed by atoms with E-state index in [1.165, 1.54) is 0 Å². The summed E-state index contributed by atoms with van der Waals surface area (Å²) in [6, 6.07) is 0. The maximum Gasteiger partial charge on any atom is 0.257 e. The van der Waals surface area contributed by atoms with Crippen LogP contribution in [0.3, 0.4) is 0 Å². The van der Waals surface area contributed by atoms with Crippen LogP contribution >= 0.6 is 0 Å². The SMILES string of the molecule is C/C(=N\c1nc(O[Si](C)(C)C)c2ncn([Si](C)(C)C)c2n1)O[Si](C)(C)C. The van der Waals surface area contributed by atoms with Crippen LogP contribution in [-0.2, 0) is 4.43 Å². The van der Waals surface area contributed by atoms with Crippen LogP contribution in [0.25, 0.3) is 11.2 Å². The molecule has 0 saturated heterocycles. The summed E-state index contributed by atoms with van der Waals surface area (Å²) in [5.74, 6) is 1.47. The topological polar surface area (TPSA) is 74.4 Å². The Hall–Kier alpha value is -1.53. The van der Waals surface area contributed by atoms with Gasteiger partial charge in [-0.1, -0.05) is 19.6 Å². The van der Waals surface area contributed by atoms with Gasteiger partial charge in [0.25, 0.3) is 5.95 Å². The lowest BCUT2D eigenvalue weighted by molar-refractivity contribution is 0.537. The summed E-state index contributed by atoms with van der Waals surface area (Å²) >= 11 is 0. The summed E-state index contributed by atoms with van der Waals surface area (Å²) in [7, 11) is -5.26. The van der Waals surface area contributed by atoms with E-state index in [2.05, 4.69) is 83.1 Å². The maximum atomic E-state index is 6.19. The fourth-order valence-corrected chi connectivity index (χ4v) is 5.22. The van der Waals surface area contributed by atoms with Gasteiger partial charge in [0, 0.05) is 6.92 Å². The second-order valence-corrected chi connectivity index (χ2v) is 23.0. The lowest BCUT2D eigenvalue weighted by atomic mass is 10.5. The molecule has 0 N–H and O–H groups in total. The van der Waals surface area contributed by atoms with Gasteiger partial charge in [-0.2, -0.15) is 15.0 Å². The summed E-state index contributed by atoms with van der Waals surface area (Å²) in [4.78, 5) is 18.3. The standard InChI is InChI=1S/C16H31N5O2Si3/c1-12(22-25(5,6)7)18-16-19-14-13(15(20-16)23-26(8,9)10)17-11-21(14)24(2,3)4/h11H,1-10H3/b18-12+. The molecule has 0 unspecified atom stereocenters. The average molecular weight is 410 g/mol. The van der Waals surface area contributed by atoms with Crippen LogP contribution in [-0.4, -0.2) is 50.0 Å². The van der Waals surface area contributed by atoms with Crippen LogP contribution in [0.15, 0.2) is 11.3 Å². The monoisotopic (exact) mass is 409 g/mol. The number of hydrogen-bond acceptors (Lipinski definition) is 6. The molecule has 2 aromatic rings. The Morgan fingerprint density at radius 3 is 2.08 bits per heavy atom. The first-order chi connectivity index (χ1) is 11.7. The predicted molar refractivity (Wildman–Crippen MR) is 115 cm³/mol. The van der Waals surface area contributed by atoms with E-state index in [1.807, 2.05) is 13.3 Å². The molecule has 0 amide bonds. The molecule has 0 fully saturated rings. The van der Waals surface area contributed by atoms with Gasteiger partial charge < -0.3 is 13.1 Å². The van der Waals surface area contributed by atoms with E-state index in [0.29, 0.717) is 23.2 Å². The quantitative estimate of drug-likeness (QED) is 0.409. The molecule has 7 nitrogen and oxygen atoms in total. The first kappa shape index (κ1) is 20.8. The van der Waals surface area contributed by atoms with Crippen LogP contribution in [0.1, 0.15) is 6.92 Å². The third-order valence-corrected chi connectivity index (χ3v) is 6.68. The van der Waals surface area contributed by atoms with Gasteiger partial charge >= 0.3 is 0 Å². The zero-order valence-corrected chi connectivity index (χ0v) is 20.6. The Morgan fingerprint density at radius 2 is 1.58 bits per heavy atom. The smallest absolute Gasteiger partial charge is 0.257 e. The maximum absolute atomic E-state index is 6.19. The first-order valence-electron chi connectivity index (χ1n) is 8.85. The lowest BCUT2D eigenvalue weighted by Gasteiger charge is -2.21. The van der Waals surface area contributed by atoms with Crippen molar-refractivity contribution in [3.63, 3.8) is 0 Å². The largest absolute Gasteiger partial charge is 0.535 e. The Kier molecular flexibility index (Phi) is 5.51. The fraction of sp³-hybridized carbons (Fsp3) is 0.625. The molecule has 144 valence electrons. The molecule has 0 radical (unpaired) electrons. The predicted octanol–water partition coefficient (Wildman–Crippen LogP) is 4.62. The van der Waals surface area contributed by atoms with Gasteiger partial charge in [0.15, 0.2) is 25.3 Å². The van der Waals surface area contributed by atoms with Crippen LogP contribution in [0, 0.1) is 0 Å². The minimum Gasteiger partial charge on any atom is -0.535 e. The molecule has 0 aliphatic heterocycles. The molecular weight excluding hydrogens is 378 g/mol. The van der Waals surface area contributed by atoms with Crippen molar-refractivity contribution in [1.29, 1.82) is 0 Å². The van der Waals surface area contributed by atoms with E-state index in [0.717, 1.165) is 5.65 Å². The van der Waals surface area contributed by atoms with Gasteiger partial charge in [0.05, 0.1) is 6.33 Å². The normalized spacial score (nSPS) is 14.0. The number of aliphatic imine (C=N–C) groups is 1. The average Bonchev–Trinajstić information content (AvgIpc) is 2.77. The van der Waals surface area contributed by atoms with Crippen LogP contribution < -0.4 is 4.43 Å². The second kappa shape index (κ2) is 6.89. The molecule has 10 heteroatoms. The third-order valence-electron chi connectivity index (χ3n) is 3.19. The van der Waals surface area contributed by atoms with Crippen molar-refractivity contribution < 1.29 is 8.85 Å². The van der Waals surface area contributed by atoms with Crippen molar-refractivity contribution >= 4 is 47.9 Å². The number of hydrogen-bond donors (Lipinski definition) is 0. The van der Waals surface area contributed by atoms with E-state index >= 15 is 0 Å². The van der Waals surface area contributed by atoms with Gasteiger partial charge in [-0.05, 0) is 39.3 Å². The van der Waals surface area contributed by atoms with Gasteiger partial charge in [-0.15, -0.1) is 0 Å². The highest BCUT2D eigenvalue weighted by Crippen LogP contribution is 2.28. The van der Waals surface area contributed by atoms with Crippen molar-refractivity contribution in [3.05, 3.63) is 6.33 Å². The van der Waals surface area contributed by atoms with E-state index < -0.39 is 24.9 Å². The summed E-state index contributed by atoms with van der Waals surface area (Å²) in [5, 5.41) is 0. The van der Waals surface area contributed by atoms with Crippen molar-refractivity contribution in [2.45, 2.75) is 65.8 Å². The molecule has 26 heavy (non-hydrogen) atoms. The Bertz CT molecular complexity index is 829. The number of aromatic nitrogens is 4. The Morgan fingerprint density at radius 1 is 0.962 bits per heavy atom. The fourth-order valence-electron chi connectivity index (χ4n) is 2.37. The minimum atomic E-state index is -1.85. The Labute approximate surface area is 159 Å². The summed E-state index contributed by atoms with van der Waals surface area (Å²) in [6.07, 6.45) is 1.85. The molecule has 0 aliphatic rings. The first-order valence-corrected chi connectivity index (χ1v) is 19.1. The van der Waals surface area contributed by atoms with Crippen molar-refractivity contribution in [3.8, 4) is 5.88 Å². The van der Waals surface area contributed by atoms with Gasteiger partial charge in [0.1, 0.15) is 0 Å². The molecule has 2 aromatic heterocycles. The molecular formula is C16H31N5O2Si3. The zero-order chi connectivity index (χ0) is 19.9.